The molecule has 122 valence electrons. The Bertz CT molecular complexity index is 535. The molecular weight excluding hydrogens is 316 g/mol. The first-order valence-electron chi connectivity index (χ1n) is 8.31. The highest BCUT2D eigenvalue weighted by Crippen LogP contribution is 2.37. The van der Waals surface area contributed by atoms with Crippen molar-refractivity contribution in [1.29, 1.82) is 0 Å². The summed E-state index contributed by atoms with van der Waals surface area (Å²) in [5.41, 5.74) is 1.32. The van der Waals surface area contributed by atoms with E-state index in [4.69, 9.17) is 0 Å². The lowest BCUT2D eigenvalue weighted by Crippen LogP contribution is -2.49. The largest absolute Gasteiger partial charge is 0.342 e. The number of amides is 1. The van der Waals surface area contributed by atoms with E-state index in [2.05, 4.69) is 21.7 Å². The standard InChI is InChI=1S/C17H24N2OS.ClH/c1-19(13-9-11-5-6-12(10-13)18-11)17(20)15-3-2-4-16-14(15)7-8-21-16;/h7-8,11-13,15,18H,2-6,9-10H2,1H3;1H. The van der Waals surface area contributed by atoms with E-state index in [9.17, 15) is 4.79 Å². The van der Waals surface area contributed by atoms with Crippen LogP contribution >= 0.6 is 23.7 Å². The van der Waals surface area contributed by atoms with Gasteiger partial charge in [0.1, 0.15) is 0 Å². The number of piperidine rings is 1. The Labute approximate surface area is 142 Å². The van der Waals surface area contributed by atoms with E-state index in [1.807, 2.05) is 18.4 Å². The Balaban J connectivity index is 0.00000144. The van der Waals surface area contributed by atoms with E-state index in [1.165, 1.54) is 23.3 Å². The van der Waals surface area contributed by atoms with Crippen molar-refractivity contribution >= 4 is 29.7 Å². The molecular formula is C17H25ClN2OS. The molecule has 3 heterocycles. The second kappa shape index (κ2) is 6.50. The second-order valence-corrected chi connectivity index (χ2v) is 7.96. The first kappa shape index (κ1) is 16.3. The lowest BCUT2D eigenvalue weighted by Gasteiger charge is -2.37. The Morgan fingerprint density at radius 1 is 1.27 bits per heavy atom. The molecule has 3 unspecified atom stereocenters. The van der Waals surface area contributed by atoms with Gasteiger partial charge in [-0.25, -0.2) is 0 Å². The summed E-state index contributed by atoms with van der Waals surface area (Å²) in [5.74, 6) is 0.484. The van der Waals surface area contributed by atoms with Crippen molar-refractivity contribution < 1.29 is 4.79 Å². The van der Waals surface area contributed by atoms with Crippen LogP contribution in [0.25, 0.3) is 0 Å². The molecule has 1 aromatic rings. The van der Waals surface area contributed by atoms with Crippen molar-refractivity contribution in [2.24, 2.45) is 0 Å². The zero-order chi connectivity index (χ0) is 14.4. The van der Waals surface area contributed by atoms with Crippen LogP contribution in [0.3, 0.4) is 0 Å². The number of carbonyl (C=O) groups excluding carboxylic acids is 1. The Morgan fingerprint density at radius 2 is 2.00 bits per heavy atom. The molecule has 0 spiro atoms. The maximum atomic E-state index is 13.0. The molecule has 3 atom stereocenters. The number of rotatable bonds is 2. The van der Waals surface area contributed by atoms with Crippen LogP contribution in [0.15, 0.2) is 11.4 Å². The number of hydrogen-bond donors (Lipinski definition) is 1. The van der Waals surface area contributed by atoms with Crippen molar-refractivity contribution in [2.45, 2.75) is 69.0 Å². The molecule has 2 aliphatic heterocycles. The summed E-state index contributed by atoms with van der Waals surface area (Å²) in [5, 5.41) is 5.82. The minimum absolute atomic E-state index is 0. The first-order valence-corrected chi connectivity index (χ1v) is 9.19. The van der Waals surface area contributed by atoms with Crippen molar-refractivity contribution in [2.75, 3.05) is 7.05 Å². The van der Waals surface area contributed by atoms with Gasteiger partial charge >= 0.3 is 0 Å². The lowest BCUT2D eigenvalue weighted by atomic mass is 9.86. The van der Waals surface area contributed by atoms with Crippen molar-refractivity contribution in [3.05, 3.63) is 21.9 Å². The molecule has 0 aromatic carbocycles. The zero-order valence-corrected chi connectivity index (χ0v) is 14.7. The average molecular weight is 341 g/mol. The van der Waals surface area contributed by atoms with Crippen LogP contribution in [-0.2, 0) is 11.2 Å². The highest BCUT2D eigenvalue weighted by molar-refractivity contribution is 7.10. The van der Waals surface area contributed by atoms with Crippen molar-refractivity contribution in [1.82, 2.24) is 10.2 Å². The molecule has 3 aliphatic rings. The number of aryl methyl sites for hydroxylation is 1. The summed E-state index contributed by atoms with van der Waals surface area (Å²) in [4.78, 5) is 16.5. The number of likely N-dealkylation sites (N-methyl/N-ethyl adjacent to an activating group) is 1. The van der Waals surface area contributed by atoms with Crippen LogP contribution in [0.1, 0.15) is 54.9 Å². The van der Waals surface area contributed by atoms with Gasteiger partial charge < -0.3 is 10.2 Å². The third-order valence-electron chi connectivity index (χ3n) is 5.69. The summed E-state index contributed by atoms with van der Waals surface area (Å²) in [6.07, 6.45) is 8.23. The van der Waals surface area contributed by atoms with Crippen LogP contribution < -0.4 is 5.32 Å². The topological polar surface area (TPSA) is 32.3 Å². The third-order valence-corrected chi connectivity index (χ3v) is 6.69. The summed E-state index contributed by atoms with van der Waals surface area (Å²) < 4.78 is 0. The molecule has 5 heteroatoms. The summed E-state index contributed by atoms with van der Waals surface area (Å²) in [7, 11) is 2.04. The van der Waals surface area contributed by atoms with Gasteiger partial charge in [-0.1, -0.05) is 0 Å². The van der Waals surface area contributed by atoms with Crippen molar-refractivity contribution in [3.8, 4) is 0 Å². The quantitative estimate of drug-likeness (QED) is 0.895. The molecule has 0 radical (unpaired) electrons. The van der Waals surface area contributed by atoms with Gasteiger partial charge in [0.2, 0.25) is 5.91 Å². The first-order chi connectivity index (χ1) is 10.2. The van der Waals surface area contributed by atoms with Crippen LogP contribution in [-0.4, -0.2) is 36.0 Å². The maximum Gasteiger partial charge on any atom is 0.230 e. The van der Waals surface area contributed by atoms with Crippen LogP contribution in [0.2, 0.25) is 0 Å². The number of halogens is 1. The number of nitrogens with one attached hydrogen (secondary N) is 1. The highest BCUT2D eigenvalue weighted by Gasteiger charge is 2.38. The SMILES string of the molecule is CN(C(=O)C1CCCc2sccc21)C1CC2CCC(C1)N2.Cl. The molecule has 1 N–H and O–H groups in total. The molecule has 1 aromatic heterocycles. The van der Waals surface area contributed by atoms with Gasteiger partial charge in [-0.15, -0.1) is 23.7 Å². The number of carbonyl (C=O) groups is 1. The molecule has 22 heavy (non-hydrogen) atoms. The predicted octanol–water partition coefficient (Wildman–Crippen LogP) is 3.33. The van der Waals surface area contributed by atoms with Crippen LogP contribution in [0, 0.1) is 0 Å². The molecule has 2 fully saturated rings. The molecule has 2 bridgehead atoms. The maximum absolute atomic E-state index is 13.0. The van der Waals surface area contributed by atoms with Gasteiger partial charge in [0.05, 0.1) is 5.92 Å². The fourth-order valence-electron chi connectivity index (χ4n) is 4.51. The van der Waals surface area contributed by atoms with E-state index in [0.29, 0.717) is 24.0 Å². The Kier molecular flexibility index (Phi) is 4.81. The summed E-state index contributed by atoms with van der Waals surface area (Å²) >= 11 is 1.82. The normalized spacial score (nSPS) is 33.0. The van der Waals surface area contributed by atoms with Gasteiger partial charge in [0.25, 0.3) is 0 Å². The fraction of sp³-hybridized carbons (Fsp3) is 0.706. The van der Waals surface area contributed by atoms with Gasteiger partial charge in [-0.05, 0) is 62.0 Å². The second-order valence-electron chi connectivity index (χ2n) is 6.96. The minimum atomic E-state index is 0. The molecule has 0 saturated carbocycles. The number of fused-ring (bicyclic) bond motifs is 3. The fourth-order valence-corrected chi connectivity index (χ4v) is 5.50. The van der Waals surface area contributed by atoms with Crippen LogP contribution in [0.4, 0.5) is 0 Å². The molecule has 2 saturated heterocycles. The number of thiophene rings is 1. The van der Waals surface area contributed by atoms with Gasteiger partial charge in [-0.3, -0.25) is 4.79 Å². The Hall–Kier alpha value is -0.580. The van der Waals surface area contributed by atoms with E-state index < -0.39 is 0 Å². The Morgan fingerprint density at radius 3 is 2.73 bits per heavy atom. The monoisotopic (exact) mass is 340 g/mol. The summed E-state index contributed by atoms with van der Waals surface area (Å²) in [6.45, 7) is 0. The van der Waals surface area contributed by atoms with E-state index in [0.717, 1.165) is 32.1 Å². The molecule has 4 rings (SSSR count). The van der Waals surface area contributed by atoms with E-state index in [-0.39, 0.29) is 18.3 Å². The summed E-state index contributed by atoms with van der Waals surface area (Å²) in [6, 6.07) is 3.92. The molecule has 3 nitrogen and oxygen atoms in total. The van der Waals surface area contributed by atoms with Crippen molar-refractivity contribution in [3.63, 3.8) is 0 Å². The third kappa shape index (κ3) is 2.81. The average Bonchev–Trinajstić information content (AvgIpc) is 3.11. The van der Waals surface area contributed by atoms with E-state index >= 15 is 0 Å². The van der Waals surface area contributed by atoms with Gasteiger partial charge in [0.15, 0.2) is 0 Å². The highest BCUT2D eigenvalue weighted by atomic mass is 35.5. The molecule has 1 amide bonds. The predicted molar refractivity (Wildman–Crippen MR) is 93.0 cm³/mol. The number of hydrogen-bond acceptors (Lipinski definition) is 3. The van der Waals surface area contributed by atoms with Crippen LogP contribution in [0.5, 0.6) is 0 Å². The van der Waals surface area contributed by atoms with Gasteiger partial charge in [-0.2, -0.15) is 0 Å². The smallest absolute Gasteiger partial charge is 0.230 e. The van der Waals surface area contributed by atoms with Gasteiger partial charge in [0, 0.05) is 30.1 Å². The lowest BCUT2D eigenvalue weighted by molar-refractivity contribution is -0.134. The minimum Gasteiger partial charge on any atom is -0.342 e. The zero-order valence-electron chi connectivity index (χ0n) is 13.1. The molecule has 1 aliphatic carbocycles. The van der Waals surface area contributed by atoms with E-state index in [1.54, 1.807) is 0 Å². The number of nitrogens with zero attached hydrogens (tertiary/aromatic N) is 1.